The first kappa shape index (κ1) is 20.0. The number of esters is 1. The van der Waals surface area contributed by atoms with Crippen molar-refractivity contribution in [2.24, 2.45) is 0 Å². The van der Waals surface area contributed by atoms with Gasteiger partial charge in [0.1, 0.15) is 17.2 Å². The lowest BCUT2D eigenvalue weighted by Crippen LogP contribution is -2.21. The van der Waals surface area contributed by atoms with E-state index in [0.29, 0.717) is 34.0 Å². The third-order valence-electron chi connectivity index (χ3n) is 4.01. The smallest absolute Gasteiger partial charge is 0.355 e. The number of aryl methyl sites for hydroxylation is 1. The van der Waals surface area contributed by atoms with E-state index >= 15 is 0 Å². The minimum absolute atomic E-state index is 0.148. The number of ether oxygens (including phenoxy) is 3. The Morgan fingerprint density at radius 2 is 1.81 bits per heavy atom. The van der Waals surface area contributed by atoms with Gasteiger partial charge in [-0.05, 0) is 38.5 Å². The van der Waals surface area contributed by atoms with Crippen molar-refractivity contribution >= 4 is 23.3 Å². The zero-order valence-electron chi connectivity index (χ0n) is 15.9. The summed E-state index contributed by atoms with van der Waals surface area (Å²) < 4.78 is 15.3. The molecule has 8 heteroatoms. The van der Waals surface area contributed by atoms with E-state index in [1.54, 1.807) is 32.0 Å². The maximum atomic E-state index is 12.2. The first-order valence-corrected chi connectivity index (χ1v) is 8.17. The van der Waals surface area contributed by atoms with Gasteiger partial charge in [-0.2, -0.15) is 0 Å². The number of anilines is 1. The molecule has 0 saturated heterocycles. The largest absolute Gasteiger partial charge is 0.497 e. The predicted molar refractivity (Wildman–Crippen MR) is 98.7 cm³/mol. The van der Waals surface area contributed by atoms with Crippen LogP contribution in [0.25, 0.3) is 0 Å². The number of rotatable bonds is 7. The fourth-order valence-corrected chi connectivity index (χ4v) is 2.77. The lowest BCUT2D eigenvalue weighted by atomic mass is 10.1. The van der Waals surface area contributed by atoms with Gasteiger partial charge in [-0.25, -0.2) is 4.79 Å². The Balaban J connectivity index is 2.03. The molecular weight excluding hydrogens is 352 g/mol. The van der Waals surface area contributed by atoms with Crippen molar-refractivity contribution in [2.45, 2.75) is 20.8 Å². The van der Waals surface area contributed by atoms with Gasteiger partial charge in [-0.3, -0.25) is 9.59 Å². The van der Waals surface area contributed by atoms with Crippen LogP contribution in [-0.4, -0.2) is 43.5 Å². The highest BCUT2D eigenvalue weighted by molar-refractivity contribution is 6.02. The van der Waals surface area contributed by atoms with Crippen molar-refractivity contribution in [1.82, 2.24) is 4.98 Å². The van der Waals surface area contributed by atoms with Crippen LogP contribution < -0.4 is 14.8 Å². The Kier molecular flexibility index (Phi) is 6.23. The van der Waals surface area contributed by atoms with Gasteiger partial charge in [0, 0.05) is 17.3 Å². The van der Waals surface area contributed by atoms with Gasteiger partial charge < -0.3 is 24.5 Å². The van der Waals surface area contributed by atoms with E-state index < -0.39 is 18.5 Å². The molecule has 0 aliphatic carbocycles. The van der Waals surface area contributed by atoms with Gasteiger partial charge in [0.25, 0.3) is 5.91 Å². The minimum Gasteiger partial charge on any atom is -0.497 e. The Bertz CT molecular complexity index is 885. The number of methoxy groups -OCH3 is 2. The highest BCUT2D eigenvalue weighted by Crippen LogP contribution is 2.29. The zero-order chi connectivity index (χ0) is 20.1. The van der Waals surface area contributed by atoms with Crippen LogP contribution >= 0.6 is 0 Å². The number of carbonyl (C=O) groups excluding carboxylic acids is 3. The van der Waals surface area contributed by atoms with Crippen molar-refractivity contribution in [3.8, 4) is 11.5 Å². The number of hydrogen-bond donors (Lipinski definition) is 2. The second kappa shape index (κ2) is 8.39. The normalized spacial score (nSPS) is 10.3. The SMILES string of the molecule is COc1ccc(NC(=O)COC(=O)c2[nH]c(C)c(C(C)=O)c2C)c(OC)c1. The molecule has 0 spiro atoms. The third-order valence-corrected chi connectivity index (χ3v) is 4.01. The predicted octanol–water partition coefficient (Wildman–Crippen LogP) is 2.65. The van der Waals surface area contributed by atoms with E-state index in [-0.39, 0.29) is 11.5 Å². The molecule has 1 heterocycles. The molecule has 2 aromatic rings. The molecule has 1 aromatic carbocycles. The number of ketones is 1. The van der Waals surface area contributed by atoms with Gasteiger partial charge >= 0.3 is 5.97 Å². The first-order valence-electron chi connectivity index (χ1n) is 8.17. The molecular formula is C19H22N2O6. The van der Waals surface area contributed by atoms with E-state index in [9.17, 15) is 14.4 Å². The van der Waals surface area contributed by atoms with Crippen molar-refractivity contribution in [2.75, 3.05) is 26.1 Å². The van der Waals surface area contributed by atoms with Crippen molar-refractivity contribution < 1.29 is 28.6 Å². The van der Waals surface area contributed by atoms with Gasteiger partial charge in [0.15, 0.2) is 12.4 Å². The van der Waals surface area contributed by atoms with E-state index in [0.717, 1.165) is 0 Å². The summed E-state index contributed by atoms with van der Waals surface area (Å²) in [4.78, 5) is 38.8. The molecule has 27 heavy (non-hydrogen) atoms. The monoisotopic (exact) mass is 374 g/mol. The number of carbonyl (C=O) groups is 3. The van der Waals surface area contributed by atoms with Gasteiger partial charge in [-0.1, -0.05) is 0 Å². The number of aromatic amines is 1. The Morgan fingerprint density at radius 1 is 1.11 bits per heavy atom. The van der Waals surface area contributed by atoms with Gasteiger partial charge in [-0.15, -0.1) is 0 Å². The fraction of sp³-hybridized carbons (Fsp3) is 0.316. The number of aromatic nitrogens is 1. The van der Waals surface area contributed by atoms with Crippen LogP contribution in [0.15, 0.2) is 18.2 Å². The van der Waals surface area contributed by atoms with Crippen LogP contribution in [0, 0.1) is 13.8 Å². The van der Waals surface area contributed by atoms with E-state index in [4.69, 9.17) is 14.2 Å². The highest BCUT2D eigenvalue weighted by Gasteiger charge is 2.21. The van der Waals surface area contributed by atoms with Gasteiger partial charge in [0.2, 0.25) is 0 Å². The van der Waals surface area contributed by atoms with Crippen molar-refractivity contribution in [3.63, 3.8) is 0 Å². The second-order valence-corrected chi connectivity index (χ2v) is 5.87. The topological polar surface area (TPSA) is 107 Å². The molecule has 1 amide bonds. The summed E-state index contributed by atoms with van der Waals surface area (Å²) in [5.41, 5.74) is 2.12. The van der Waals surface area contributed by atoms with E-state index in [1.165, 1.54) is 21.1 Å². The number of hydrogen-bond acceptors (Lipinski definition) is 6. The number of Topliss-reactive ketones (excluding diaryl/α,β-unsaturated/α-hetero) is 1. The van der Waals surface area contributed by atoms with Crippen molar-refractivity contribution in [1.29, 1.82) is 0 Å². The number of amides is 1. The summed E-state index contributed by atoms with van der Waals surface area (Å²) in [7, 11) is 2.99. The fourth-order valence-electron chi connectivity index (χ4n) is 2.77. The molecule has 1 aromatic heterocycles. The standard InChI is InChI=1S/C19H22N2O6/c1-10-17(12(3)22)11(2)20-18(10)19(24)27-9-16(23)21-14-7-6-13(25-4)8-15(14)26-5/h6-8,20H,9H2,1-5H3,(H,21,23). The van der Waals surface area contributed by atoms with E-state index in [1.807, 2.05) is 0 Å². The van der Waals surface area contributed by atoms with Crippen LogP contribution in [0.1, 0.15) is 39.0 Å². The zero-order valence-corrected chi connectivity index (χ0v) is 15.9. The summed E-state index contributed by atoms with van der Waals surface area (Å²) in [6.45, 7) is 4.29. The molecule has 0 atom stereocenters. The van der Waals surface area contributed by atoms with Crippen LogP contribution in [-0.2, 0) is 9.53 Å². The molecule has 0 unspecified atom stereocenters. The Morgan fingerprint density at radius 3 is 2.37 bits per heavy atom. The van der Waals surface area contributed by atoms with Crippen LogP contribution in [0.2, 0.25) is 0 Å². The molecule has 0 bridgehead atoms. The summed E-state index contributed by atoms with van der Waals surface area (Å²) in [5.74, 6) is -0.393. The third kappa shape index (κ3) is 4.46. The molecule has 0 aliphatic rings. The molecule has 0 aliphatic heterocycles. The van der Waals surface area contributed by atoms with Crippen LogP contribution in [0.4, 0.5) is 5.69 Å². The second-order valence-electron chi connectivity index (χ2n) is 5.87. The Labute approximate surface area is 156 Å². The van der Waals surface area contributed by atoms with Crippen molar-refractivity contribution in [3.05, 3.63) is 40.7 Å². The molecule has 0 saturated carbocycles. The summed E-state index contributed by atoms with van der Waals surface area (Å²) >= 11 is 0. The molecule has 8 nitrogen and oxygen atoms in total. The molecule has 0 fully saturated rings. The summed E-state index contributed by atoms with van der Waals surface area (Å²) in [6.07, 6.45) is 0. The first-order chi connectivity index (χ1) is 12.8. The quantitative estimate of drug-likeness (QED) is 0.570. The molecule has 0 radical (unpaired) electrons. The number of nitrogens with one attached hydrogen (secondary N) is 2. The van der Waals surface area contributed by atoms with Crippen LogP contribution in [0.5, 0.6) is 11.5 Å². The Hall–Kier alpha value is -3.29. The van der Waals surface area contributed by atoms with E-state index in [2.05, 4.69) is 10.3 Å². The maximum Gasteiger partial charge on any atom is 0.355 e. The highest BCUT2D eigenvalue weighted by atomic mass is 16.5. The average Bonchev–Trinajstić information content (AvgIpc) is 2.94. The summed E-state index contributed by atoms with van der Waals surface area (Å²) in [5, 5.41) is 2.61. The lowest BCUT2D eigenvalue weighted by molar-refractivity contribution is -0.119. The maximum absolute atomic E-state index is 12.2. The summed E-state index contributed by atoms with van der Waals surface area (Å²) in [6, 6.07) is 4.91. The number of H-pyrrole nitrogens is 1. The minimum atomic E-state index is -0.708. The molecule has 2 rings (SSSR count). The molecule has 144 valence electrons. The van der Waals surface area contributed by atoms with Crippen LogP contribution in [0.3, 0.4) is 0 Å². The number of benzene rings is 1. The average molecular weight is 374 g/mol. The molecule has 2 N–H and O–H groups in total. The lowest BCUT2D eigenvalue weighted by Gasteiger charge is -2.11. The van der Waals surface area contributed by atoms with Gasteiger partial charge in [0.05, 0.1) is 19.9 Å².